The molecule has 0 amide bonds. The van der Waals surface area contributed by atoms with E-state index in [9.17, 15) is 13.2 Å². The minimum atomic E-state index is -4.13. The Morgan fingerprint density at radius 2 is 1.94 bits per heavy atom. The molecule has 0 radical (unpaired) electrons. The van der Waals surface area contributed by atoms with Crippen molar-refractivity contribution >= 4 is 11.4 Å². The highest BCUT2D eigenvalue weighted by molar-refractivity contribution is 5.70. The predicted octanol–water partition coefficient (Wildman–Crippen LogP) is 2.97. The second-order valence-corrected chi connectivity index (χ2v) is 3.79. The number of benzene rings is 1. The van der Waals surface area contributed by atoms with Crippen LogP contribution >= 0.6 is 0 Å². The van der Waals surface area contributed by atoms with Gasteiger partial charge in [0.1, 0.15) is 0 Å². The van der Waals surface area contributed by atoms with Crippen molar-refractivity contribution < 1.29 is 13.2 Å². The summed E-state index contributed by atoms with van der Waals surface area (Å²) in [7, 11) is 1.61. The van der Waals surface area contributed by atoms with Crippen molar-refractivity contribution in [2.75, 3.05) is 24.2 Å². The van der Waals surface area contributed by atoms with Crippen LogP contribution in [0.5, 0.6) is 0 Å². The molecule has 1 rings (SSSR count). The van der Waals surface area contributed by atoms with Crippen molar-refractivity contribution in [1.29, 1.82) is 0 Å². The highest BCUT2D eigenvalue weighted by atomic mass is 19.4. The van der Waals surface area contributed by atoms with Gasteiger partial charge in [0.15, 0.2) is 0 Å². The summed E-state index contributed by atoms with van der Waals surface area (Å²) in [6.07, 6.45) is -4.97. The molecule has 0 atom stereocenters. The Morgan fingerprint density at radius 3 is 2.50 bits per heavy atom. The average molecular weight is 232 g/mol. The Hall–Kier alpha value is -1.39. The molecule has 2 N–H and O–H groups in total. The van der Waals surface area contributed by atoms with Crippen molar-refractivity contribution in [3.05, 3.63) is 23.8 Å². The summed E-state index contributed by atoms with van der Waals surface area (Å²) in [4.78, 5) is 1.52. The minimum absolute atomic E-state index is 0.0862. The van der Waals surface area contributed by atoms with E-state index in [2.05, 4.69) is 0 Å². The number of nitrogens with two attached hydrogens (primary N) is 1. The maximum Gasteiger partial charge on any atom is 0.390 e. The predicted molar refractivity (Wildman–Crippen MR) is 59.5 cm³/mol. The van der Waals surface area contributed by atoms with Crippen molar-refractivity contribution in [3.63, 3.8) is 0 Å². The Bertz CT molecular complexity index is 361. The van der Waals surface area contributed by atoms with Gasteiger partial charge in [-0.15, -0.1) is 0 Å². The third-order valence-corrected chi connectivity index (χ3v) is 2.44. The van der Waals surface area contributed by atoms with E-state index in [1.54, 1.807) is 19.2 Å². The monoisotopic (exact) mass is 232 g/mol. The number of halogens is 3. The SMILES string of the molecule is Cc1cccc(N(C)CCC(F)(F)F)c1N. The van der Waals surface area contributed by atoms with Crippen LogP contribution in [0.4, 0.5) is 24.5 Å². The van der Waals surface area contributed by atoms with Gasteiger partial charge >= 0.3 is 6.18 Å². The number of hydrogen-bond donors (Lipinski definition) is 1. The molecule has 5 heteroatoms. The van der Waals surface area contributed by atoms with Crippen LogP contribution in [0.15, 0.2) is 18.2 Å². The first kappa shape index (κ1) is 12.7. The molecule has 1 aromatic rings. The molecule has 0 fully saturated rings. The number of hydrogen-bond acceptors (Lipinski definition) is 2. The lowest BCUT2D eigenvalue weighted by molar-refractivity contribution is -0.132. The number of anilines is 2. The molecular formula is C11H15F3N2. The van der Waals surface area contributed by atoms with Gasteiger partial charge in [0.05, 0.1) is 17.8 Å². The number of para-hydroxylation sites is 1. The van der Waals surface area contributed by atoms with E-state index in [-0.39, 0.29) is 6.54 Å². The lowest BCUT2D eigenvalue weighted by atomic mass is 10.1. The van der Waals surface area contributed by atoms with E-state index in [0.717, 1.165) is 5.56 Å². The van der Waals surface area contributed by atoms with Gasteiger partial charge in [-0.2, -0.15) is 13.2 Å². The molecule has 0 bridgehead atoms. The highest BCUT2D eigenvalue weighted by Crippen LogP contribution is 2.27. The van der Waals surface area contributed by atoms with Crippen LogP contribution < -0.4 is 10.6 Å². The minimum Gasteiger partial charge on any atom is -0.397 e. The second kappa shape index (κ2) is 4.63. The van der Waals surface area contributed by atoms with Crippen LogP contribution in [-0.4, -0.2) is 19.8 Å². The van der Waals surface area contributed by atoms with E-state index in [4.69, 9.17) is 5.73 Å². The number of aryl methyl sites for hydroxylation is 1. The molecule has 0 saturated carbocycles. The van der Waals surface area contributed by atoms with Crippen molar-refractivity contribution in [1.82, 2.24) is 0 Å². The summed E-state index contributed by atoms with van der Waals surface area (Å²) in [5.74, 6) is 0. The zero-order chi connectivity index (χ0) is 12.3. The van der Waals surface area contributed by atoms with Crippen molar-refractivity contribution in [2.45, 2.75) is 19.5 Å². The normalized spacial score (nSPS) is 11.6. The smallest absolute Gasteiger partial charge is 0.390 e. The molecule has 0 saturated heterocycles. The highest BCUT2D eigenvalue weighted by Gasteiger charge is 2.27. The summed E-state index contributed by atoms with van der Waals surface area (Å²) in [6, 6.07) is 5.33. The molecule has 1 aromatic carbocycles. The van der Waals surface area contributed by atoms with E-state index >= 15 is 0 Å². The second-order valence-electron chi connectivity index (χ2n) is 3.79. The molecule has 0 unspecified atom stereocenters. The molecule has 2 nitrogen and oxygen atoms in total. The molecular weight excluding hydrogens is 217 g/mol. The lowest BCUT2D eigenvalue weighted by Gasteiger charge is -2.22. The van der Waals surface area contributed by atoms with E-state index in [0.29, 0.717) is 11.4 Å². The molecule has 90 valence electrons. The van der Waals surface area contributed by atoms with E-state index in [1.165, 1.54) is 4.90 Å². The molecule has 0 aliphatic rings. The first-order valence-electron chi connectivity index (χ1n) is 4.94. The number of alkyl halides is 3. The maximum atomic E-state index is 12.1. The molecule has 16 heavy (non-hydrogen) atoms. The average Bonchev–Trinajstić information content (AvgIpc) is 2.17. The van der Waals surface area contributed by atoms with Gasteiger partial charge in [-0.25, -0.2) is 0 Å². The third-order valence-electron chi connectivity index (χ3n) is 2.44. The molecule has 0 aliphatic carbocycles. The van der Waals surface area contributed by atoms with Gasteiger partial charge in [0, 0.05) is 13.6 Å². The molecule has 0 aromatic heterocycles. The van der Waals surface area contributed by atoms with Gasteiger partial charge in [-0.1, -0.05) is 12.1 Å². The van der Waals surface area contributed by atoms with E-state index < -0.39 is 12.6 Å². The van der Waals surface area contributed by atoms with Crippen LogP contribution in [0.25, 0.3) is 0 Å². The standard InChI is InChI=1S/C11H15F3N2/c1-8-4-3-5-9(10(8)15)16(2)7-6-11(12,13)14/h3-5H,6-7,15H2,1-2H3. The fraction of sp³-hybridized carbons (Fsp3) is 0.455. The Labute approximate surface area is 92.9 Å². The van der Waals surface area contributed by atoms with Gasteiger partial charge in [0.2, 0.25) is 0 Å². The zero-order valence-corrected chi connectivity index (χ0v) is 9.30. The Balaban J connectivity index is 2.73. The van der Waals surface area contributed by atoms with Crippen molar-refractivity contribution in [2.24, 2.45) is 0 Å². The van der Waals surface area contributed by atoms with Gasteiger partial charge in [-0.3, -0.25) is 0 Å². The van der Waals surface area contributed by atoms with Crippen LogP contribution in [-0.2, 0) is 0 Å². The summed E-state index contributed by atoms with van der Waals surface area (Å²) in [6.45, 7) is 1.74. The zero-order valence-electron chi connectivity index (χ0n) is 9.30. The fourth-order valence-corrected chi connectivity index (χ4v) is 1.41. The fourth-order valence-electron chi connectivity index (χ4n) is 1.41. The van der Waals surface area contributed by atoms with Crippen LogP contribution in [0.3, 0.4) is 0 Å². The summed E-state index contributed by atoms with van der Waals surface area (Å²) in [5, 5.41) is 0. The lowest BCUT2D eigenvalue weighted by Crippen LogP contribution is -2.24. The van der Waals surface area contributed by atoms with Gasteiger partial charge < -0.3 is 10.6 Å². The first-order valence-corrected chi connectivity index (χ1v) is 4.94. The first-order chi connectivity index (χ1) is 7.31. The van der Waals surface area contributed by atoms with Gasteiger partial charge in [-0.05, 0) is 18.6 Å². The van der Waals surface area contributed by atoms with Crippen LogP contribution in [0.2, 0.25) is 0 Å². The Morgan fingerprint density at radius 1 is 1.31 bits per heavy atom. The maximum absolute atomic E-state index is 12.1. The molecule has 0 spiro atoms. The number of nitrogen functional groups attached to an aromatic ring is 1. The number of rotatable bonds is 3. The van der Waals surface area contributed by atoms with Crippen LogP contribution in [0.1, 0.15) is 12.0 Å². The summed E-state index contributed by atoms with van der Waals surface area (Å²) in [5.41, 5.74) is 7.85. The van der Waals surface area contributed by atoms with Gasteiger partial charge in [0.25, 0.3) is 0 Å². The van der Waals surface area contributed by atoms with Crippen LogP contribution in [0, 0.1) is 6.92 Å². The molecule has 0 heterocycles. The van der Waals surface area contributed by atoms with E-state index in [1.807, 2.05) is 13.0 Å². The quantitative estimate of drug-likeness (QED) is 0.812. The van der Waals surface area contributed by atoms with Crippen molar-refractivity contribution in [3.8, 4) is 0 Å². The summed E-state index contributed by atoms with van der Waals surface area (Å²) < 4.78 is 36.2. The summed E-state index contributed by atoms with van der Waals surface area (Å²) >= 11 is 0. The Kier molecular flexibility index (Phi) is 3.67. The molecule has 0 aliphatic heterocycles. The largest absolute Gasteiger partial charge is 0.397 e. The number of nitrogens with zero attached hydrogens (tertiary/aromatic N) is 1. The third kappa shape index (κ3) is 3.32. The topological polar surface area (TPSA) is 29.3 Å².